The van der Waals surface area contributed by atoms with Crippen LogP contribution in [0.25, 0.3) is 5.69 Å². The van der Waals surface area contributed by atoms with E-state index in [-0.39, 0.29) is 6.01 Å². The summed E-state index contributed by atoms with van der Waals surface area (Å²) < 4.78 is 7.04. The maximum atomic E-state index is 5.43. The van der Waals surface area contributed by atoms with Gasteiger partial charge in [-0.1, -0.05) is 18.2 Å². The van der Waals surface area contributed by atoms with Crippen molar-refractivity contribution in [3.63, 3.8) is 0 Å². The third-order valence-corrected chi connectivity index (χ3v) is 2.48. The minimum atomic E-state index is 0.190. The molecule has 8 nitrogen and oxygen atoms in total. The molecule has 0 radical (unpaired) electrons. The van der Waals surface area contributed by atoms with E-state index >= 15 is 0 Å². The molecule has 0 unspecified atom stereocenters. The molecule has 1 aromatic carbocycles. The van der Waals surface area contributed by atoms with Crippen LogP contribution >= 0.6 is 0 Å². The summed E-state index contributed by atoms with van der Waals surface area (Å²) in [4.78, 5) is 11.9. The Morgan fingerprint density at radius 1 is 1.10 bits per heavy atom. The first-order chi connectivity index (χ1) is 9.85. The lowest BCUT2D eigenvalue weighted by Crippen LogP contribution is -2.08. The van der Waals surface area contributed by atoms with Crippen LogP contribution in [-0.4, -0.2) is 24.7 Å². The second-order valence-electron chi connectivity index (χ2n) is 3.80. The molecule has 0 bridgehead atoms. The van der Waals surface area contributed by atoms with E-state index in [1.807, 2.05) is 30.3 Å². The first-order valence-corrected chi connectivity index (χ1v) is 5.79. The predicted octanol–water partition coefficient (Wildman–Crippen LogP) is 1.14. The van der Waals surface area contributed by atoms with Crippen molar-refractivity contribution in [2.45, 2.75) is 0 Å². The molecule has 2 aromatic heterocycles. The highest BCUT2D eigenvalue weighted by Gasteiger charge is 2.06. The van der Waals surface area contributed by atoms with E-state index in [2.05, 4.69) is 25.5 Å². The highest BCUT2D eigenvalue weighted by atomic mass is 16.5. The van der Waals surface area contributed by atoms with Crippen LogP contribution in [0.5, 0.6) is 11.9 Å². The molecule has 3 rings (SSSR count). The molecule has 0 amide bonds. The molecule has 3 aromatic rings. The van der Waals surface area contributed by atoms with Crippen LogP contribution in [0, 0.1) is 0 Å². The third kappa shape index (κ3) is 2.54. The zero-order valence-corrected chi connectivity index (χ0v) is 10.3. The lowest BCUT2D eigenvalue weighted by Gasteiger charge is -2.02. The van der Waals surface area contributed by atoms with Gasteiger partial charge in [-0.15, -0.1) is 5.10 Å². The van der Waals surface area contributed by atoms with Crippen molar-refractivity contribution in [1.82, 2.24) is 24.7 Å². The molecule has 0 aliphatic rings. The number of ether oxygens (including phenoxy) is 1. The summed E-state index contributed by atoms with van der Waals surface area (Å²) in [6.07, 6.45) is 2.90. The second-order valence-corrected chi connectivity index (χ2v) is 3.80. The fraction of sp³-hybridized carbons (Fsp3) is 0. The summed E-state index contributed by atoms with van der Waals surface area (Å²) in [6, 6.07) is 11.3. The normalized spacial score (nSPS) is 10.2. The number of anilines is 1. The van der Waals surface area contributed by atoms with Crippen molar-refractivity contribution in [2.24, 2.45) is 5.84 Å². The molecule has 0 aliphatic heterocycles. The molecule has 3 N–H and O–H groups in total. The number of aromatic nitrogens is 5. The summed E-state index contributed by atoms with van der Waals surface area (Å²) >= 11 is 0. The number of nitrogen functional groups attached to an aromatic ring is 1. The van der Waals surface area contributed by atoms with E-state index in [9.17, 15) is 0 Å². The molecule has 0 spiro atoms. The molecule has 0 aliphatic carbocycles. The van der Waals surface area contributed by atoms with E-state index < -0.39 is 0 Å². The van der Waals surface area contributed by atoms with E-state index in [1.54, 1.807) is 17.1 Å². The van der Waals surface area contributed by atoms with Gasteiger partial charge in [-0.3, -0.25) is 0 Å². The minimum absolute atomic E-state index is 0.190. The second kappa shape index (κ2) is 5.33. The Balaban J connectivity index is 1.80. The maximum Gasteiger partial charge on any atom is 0.342 e. The number of nitrogens with two attached hydrogens (primary N) is 1. The van der Waals surface area contributed by atoms with Gasteiger partial charge in [-0.25, -0.2) is 20.5 Å². The molecule has 0 saturated heterocycles. The number of benzene rings is 1. The number of nitrogens with zero attached hydrogens (tertiary/aromatic N) is 5. The van der Waals surface area contributed by atoms with Crippen molar-refractivity contribution in [2.75, 3.05) is 5.43 Å². The van der Waals surface area contributed by atoms with Gasteiger partial charge in [0.05, 0.1) is 5.69 Å². The molecular formula is C12H11N7O. The van der Waals surface area contributed by atoms with E-state index in [4.69, 9.17) is 10.6 Å². The summed E-state index contributed by atoms with van der Waals surface area (Å²) in [5.74, 6) is 6.01. The SMILES string of the molecule is NNc1cc(Oc2ncn(-c3ccccc3)n2)ncn1. The van der Waals surface area contributed by atoms with E-state index in [0.717, 1.165) is 5.69 Å². The van der Waals surface area contributed by atoms with Gasteiger partial charge in [-0.2, -0.15) is 4.98 Å². The average Bonchev–Trinajstić information content (AvgIpc) is 2.97. The molecule has 20 heavy (non-hydrogen) atoms. The standard InChI is InChI=1S/C12H11N7O/c13-17-10-6-11(15-7-14-10)20-12-16-8-19(18-12)9-4-2-1-3-5-9/h1-8H,13H2,(H,14,15,17). The Morgan fingerprint density at radius 3 is 2.75 bits per heavy atom. The molecule has 0 fully saturated rings. The molecule has 0 atom stereocenters. The summed E-state index contributed by atoms with van der Waals surface area (Å²) in [7, 11) is 0. The zero-order valence-electron chi connectivity index (χ0n) is 10.3. The van der Waals surface area contributed by atoms with Crippen molar-refractivity contribution in [3.8, 4) is 17.6 Å². The zero-order chi connectivity index (χ0) is 13.8. The molecule has 8 heteroatoms. The van der Waals surface area contributed by atoms with Gasteiger partial charge in [-0.05, 0) is 12.1 Å². The van der Waals surface area contributed by atoms with Crippen LogP contribution in [0.15, 0.2) is 49.1 Å². The Kier molecular flexibility index (Phi) is 3.21. The van der Waals surface area contributed by atoms with Crippen LogP contribution in [0.2, 0.25) is 0 Å². The molecule has 100 valence electrons. The lowest BCUT2D eigenvalue weighted by molar-refractivity contribution is 0.424. The number of nitrogens with one attached hydrogen (secondary N) is 1. The fourth-order valence-corrected chi connectivity index (χ4v) is 1.57. The fourth-order valence-electron chi connectivity index (χ4n) is 1.57. The monoisotopic (exact) mass is 269 g/mol. The van der Waals surface area contributed by atoms with Gasteiger partial charge in [0.1, 0.15) is 18.5 Å². The quantitative estimate of drug-likeness (QED) is 0.540. The molecule has 0 saturated carbocycles. The van der Waals surface area contributed by atoms with Crippen molar-refractivity contribution >= 4 is 5.82 Å². The highest BCUT2D eigenvalue weighted by Crippen LogP contribution is 2.17. The Bertz CT molecular complexity index is 698. The van der Waals surface area contributed by atoms with Gasteiger partial charge >= 0.3 is 6.01 Å². The van der Waals surface area contributed by atoms with Crippen LogP contribution in [0.3, 0.4) is 0 Å². The summed E-state index contributed by atoms with van der Waals surface area (Å²) in [5.41, 5.74) is 3.30. The largest absolute Gasteiger partial charge is 0.404 e. The van der Waals surface area contributed by atoms with Gasteiger partial charge in [0.25, 0.3) is 0 Å². The van der Waals surface area contributed by atoms with E-state index in [1.165, 1.54) is 6.33 Å². The molecular weight excluding hydrogens is 258 g/mol. The van der Waals surface area contributed by atoms with Gasteiger partial charge in [0.2, 0.25) is 5.88 Å². The van der Waals surface area contributed by atoms with Crippen LogP contribution in [0.4, 0.5) is 5.82 Å². The number of hydrogen-bond donors (Lipinski definition) is 2. The Morgan fingerprint density at radius 2 is 1.95 bits per heavy atom. The number of para-hydroxylation sites is 1. The number of rotatable bonds is 4. The molecule has 2 heterocycles. The third-order valence-electron chi connectivity index (χ3n) is 2.48. The van der Waals surface area contributed by atoms with Gasteiger partial charge < -0.3 is 10.2 Å². The van der Waals surface area contributed by atoms with Crippen LogP contribution in [-0.2, 0) is 0 Å². The summed E-state index contributed by atoms with van der Waals surface area (Å²) in [5, 5.41) is 4.20. The van der Waals surface area contributed by atoms with Crippen molar-refractivity contribution in [3.05, 3.63) is 49.1 Å². The predicted molar refractivity (Wildman–Crippen MR) is 71.3 cm³/mol. The lowest BCUT2D eigenvalue weighted by atomic mass is 10.3. The van der Waals surface area contributed by atoms with Crippen molar-refractivity contribution < 1.29 is 4.74 Å². The topological polar surface area (TPSA) is 104 Å². The number of hydrazine groups is 1. The minimum Gasteiger partial charge on any atom is -0.404 e. The highest BCUT2D eigenvalue weighted by molar-refractivity contribution is 5.36. The first-order valence-electron chi connectivity index (χ1n) is 5.79. The first kappa shape index (κ1) is 12.1. The smallest absolute Gasteiger partial charge is 0.342 e. The Labute approximate surface area is 114 Å². The summed E-state index contributed by atoms with van der Waals surface area (Å²) in [6.45, 7) is 0. The van der Waals surface area contributed by atoms with Gasteiger partial charge in [0, 0.05) is 6.07 Å². The van der Waals surface area contributed by atoms with Gasteiger partial charge in [0.15, 0.2) is 0 Å². The van der Waals surface area contributed by atoms with E-state index in [0.29, 0.717) is 11.7 Å². The maximum absolute atomic E-state index is 5.43. The van der Waals surface area contributed by atoms with Crippen LogP contribution in [0.1, 0.15) is 0 Å². The van der Waals surface area contributed by atoms with Crippen molar-refractivity contribution in [1.29, 1.82) is 0 Å². The number of hydrogen-bond acceptors (Lipinski definition) is 7. The average molecular weight is 269 g/mol. The van der Waals surface area contributed by atoms with Crippen LogP contribution < -0.4 is 16.0 Å². The Hall–Kier alpha value is -3.00.